The van der Waals surface area contributed by atoms with Crippen LogP contribution in [-0.4, -0.2) is 28.6 Å². The molecule has 8 heteroatoms. The lowest BCUT2D eigenvalue weighted by Gasteiger charge is -2.11. The van der Waals surface area contributed by atoms with Crippen LogP contribution in [0.3, 0.4) is 0 Å². The molecule has 2 aromatic carbocycles. The number of nitrogens with one attached hydrogen (secondary N) is 3. The molecule has 128 valence electrons. The second-order valence-corrected chi connectivity index (χ2v) is 6.12. The molecule has 3 rings (SSSR count). The van der Waals surface area contributed by atoms with Crippen molar-refractivity contribution in [2.45, 2.75) is 6.92 Å². The number of H-pyrrole nitrogens is 1. The zero-order valence-electron chi connectivity index (χ0n) is 13.3. The second-order valence-electron chi connectivity index (χ2n) is 5.33. The Kier molecular flexibility index (Phi) is 4.99. The first-order valence-corrected chi connectivity index (χ1v) is 8.25. The van der Waals surface area contributed by atoms with Crippen LogP contribution in [0.1, 0.15) is 16.2 Å². The molecule has 0 aliphatic heterocycles. The summed E-state index contributed by atoms with van der Waals surface area (Å²) in [6.07, 6.45) is 0. The maximum absolute atomic E-state index is 11.8. The largest absolute Gasteiger partial charge is 0.483 e. The van der Waals surface area contributed by atoms with Crippen molar-refractivity contribution in [3.05, 3.63) is 58.3 Å². The third-order valence-corrected chi connectivity index (χ3v) is 4.26. The number of carbonyl (C=O) groups is 2. The number of aromatic amines is 1. The van der Waals surface area contributed by atoms with Crippen molar-refractivity contribution in [2.24, 2.45) is 0 Å². The molecular weight excluding hydrogens is 388 g/mol. The van der Waals surface area contributed by atoms with Crippen LogP contribution >= 0.6 is 15.9 Å². The van der Waals surface area contributed by atoms with Gasteiger partial charge in [0.15, 0.2) is 12.3 Å². The number of benzene rings is 2. The van der Waals surface area contributed by atoms with Gasteiger partial charge in [0, 0.05) is 5.69 Å². The number of ether oxygens (including phenoxy) is 1. The first kappa shape index (κ1) is 17.0. The van der Waals surface area contributed by atoms with Crippen molar-refractivity contribution < 1.29 is 14.3 Å². The Balaban J connectivity index is 1.55. The molecule has 3 aromatic rings. The monoisotopic (exact) mass is 402 g/mol. The van der Waals surface area contributed by atoms with E-state index in [9.17, 15) is 9.59 Å². The number of rotatable bonds is 4. The van der Waals surface area contributed by atoms with Gasteiger partial charge in [0.2, 0.25) is 0 Å². The van der Waals surface area contributed by atoms with Crippen LogP contribution < -0.4 is 15.6 Å². The highest BCUT2D eigenvalue weighted by atomic mass is 79.9. The lowest BCUT2D eigenvalue weighted by molar-refractivity contribution is -0.123. The van der Waals surface area contributed by atoms with Crippen molar-refractivity contribution in [1.29, 1.82) is 0 Å². The number of hydrogen-bond acceptors (Lipinski definition) is 4. The van der Waals surface area contributed by atoms with E-state index in [2.05, 4.69) is 37.0 Å². The number of aryl methyl sites for hydroxylation is 1. The molecule has 0 saturated carbocycles. The summed E-state index contributed by atoms with van der Waals surface area (Å²) in [6.45, 7) is 1.54. The average Bonchev–Trinajstić information content (AvgIpc) is 3.06. The van der Waals surface area contributed by atoms with Crippen molar-refractivity contribution in [3.63, 3.8) is 0 Å². The van der Waals surface area contributed by atoms with Gasteiger partial charge in [-0.3, -0.25) is 25.5 Å². The minimum Gasteiger partial charge on any atom is -0.483 e. The zero-order valence-corrected chi connectivity index (χ0v) is 14.9. The lowest BCUT2D eigenvalue weighted by atomic mass is 10.1. The first-order valence-electron chi connectivity index (χ1n) is 7.46. The predicted octanol–water partition coefficient (Wildman–Crippen LogP) is 2.47. The fourth-order valence-electron chi connectivity index (χ4n) is 2.23. The summed E-state index contributed by atoms with van der Waals surface area (Å²) in [4.78, 5) is 23.6. The molecule has 0 bridgehead atoms. The Morgan fingerprint density at radius 2 is 2.00 bits per heavy atom. The number of hydrogen-bond donors (Lipinski definition) is 3. The van der Waals surface area contributed by atoms with Crippen molar-refractivity contribution in [2.75, 3.05) is 6.61 Å². The number of hydrazine groups is 1. The molecule has 0 radical (unpaired) electrons. The van der Waals surface area contributed by atoms with Gasteiger partial charge >= 0.3 is 0 Å². The number of nitrogens with zero attached hydrogens (tertiary/aromatic N) is 1. The van der Waals surface area contributed by atoms with E-state index in [1.807, 2.05) is 30.3 Å². The van der Waals surface area contributed by atoms with Crippen molar-refractivity contribution in [1.82, 2.24) is 21.0 Å². The molecular formula is C17H15BrN4O3. The third-order valence-electron chi connectivity index (χ3n) is 3.44. The van der Waals surface area contributed by atoms with Gasteiger partial charge in [-0.05, 0) is 45.8 Å². The van der Waals surface area contributed by atoms with Crippen LogP contribution in [0, 0.1) is 6.92 Å². The van der Waals surface area contributed by atoms with Crippen LogP contribution in [0.4, 0.5) is 0 Å². The number of halogens is 1. The summed E-state index contributed by atoms with van der Waals surface area (Å²) in [7, 11) is 0. The van der Waals surface area contributed by atoms with Crippen LogP contribution in [-0.2, 0) is 4.79 Å². The van der Waals surface area contributed by atoms with Gasteiger partial charge in [-0.2, -0.15) is 5.10 Å². The molecule has 1 aromatic heterocycles. The standard InChI is InChI=1S/C17H15BrN4O3/c1-10-8-13(20-19-10)17(24)22-21-15(23)9-25-14-7-6-11-4-2-3-5-12(11)16(14)18/h2-8H,9H2,1H3,(H,19,20)(H,21,23)(H,22,24). The highest BCUT2D eigenvalue weighted by molar-refractivity contribution is 9.10. The Hall–Kier alpha value is -2.87. The molecule has 1 heterocycles. The van der Waals surface area contributed by atoms with E-state index in [4.69, 9.17) is 4.74 Å². The van der Waals surface area contributed by atoms with Gasteiger partial charge < -0.3 is 4.74 Å². The van der Waals surface area contributed by atoms with Gasteiger partial charge in [0.25, 0.3) is 11.8 Å². The topological polar surface area (TPSA) is 96.1 Å². The molecule has 0 unspecified atom stereocenters. The number of fused-ring (bicyclic) bond motifs is 1. The molecule has 0 aliphatic carbocycles. The van der Waals surface area contributed by atoms with E-state index in [0.717, 1.165) is 20.9 Å². The molecule has 0 aliphatic rings. The molecule has 0 spiro atoms. The molecule has 0 saturated heterocycles. The first-order chi connectivity index (χ1) is 12.0. The van der Waals surface area contributed by atoms with Gasteiger partial charge in [-0.15, -0.1) is 0 Å². The van der Waals surface area contributed by atoms with Crippen LogP contribution in [0.2, 0.25) is 0 Å². The minimum atomic E-state index is -0.510. The molecule has 0 fully saturated rings. The SMILES string of the molecule is Cc1cc(C(=O)NNC(=O)COc2ccc3ccccc3c2Br)n[nH]1. The maximum atomic E-state index is 11.8. The fraction of sp³-hybridized carbons (Fsp3) is 0.118. The van der Waals surface area contributed by atoms with Gasteiger partial charge in [0.1, 0.15) is 5.75 Å². The summed E-state index contributed by atoms with van der Waals surface area (Å²) in [5.74, 6) is -0.451. The molecule has 25 heavy (non-hydrogen) atoms. The summed E-state index contributed by atoms with van der Waals surface area (Å²) < 4.78 is 6.29. The summed E-state index contributed by atoms with van der Waals surface area (Å²) >= 11 is 3.49. The van der Waals surface area contributed by atoms with E-state index >= 15 is 0 Å². The number of aromatic nitrogens is 2. The normalized spacial score (nSPS) is 10.5. The van der Waals surface area contributed by atoms with Crippen LogP contribution in [0.25, 0.3) is 10.8 Å². The Morgan fingerprint density at radius 3 is 2.76 bits per heavy atom. The number of amides is 2. The minimum absolute atomic E-state index is 0.191. The highest BCUT2D eigenvalue weighted by Gasteiger charge is 2.12. The quantitative estimate of drug-likeness (QED) is 0.584. The van der Waals surface area contributed by atoms with Gasteiger partial charge in [-0.1, -0.05) is 30.3 Å². The molecule has 2 amide bonds. The molecule has 7 nitrogen and oxygen atoms in total. The number of carbonyl (C=O) groups excluding carboxylic acids is 2. The summed E-state index contributed by atoms with van der Waals surface area (Å²) in [5.41, 5.74) is 5.51. The average molecular weight is 403 g/mol. The summed E-state index contributed by atoms with van der Waals surface area (Å²) in [6, 6.07) is 13.1. The Labute approximate surface area is 151 Å². The van der Waals surface area contributed by atoms with Crippen LogP contribution in [0.15, 0.2) is 46.9 Å². The second kappa shape index (κ2) is 7.35. The highest BCUT2D eigenvalue weighted by Crippen LogP contribution is 2.32. The molecule has 0 atom stereocenters. The predicted molar refractivity (Wildman–Crippen MR) is 96.1 cm³/mol. The Bertz CT molecular complexity index is 939. The van der Waals surface area contributed by atoms with Crippen LogP contribution in [0.5, 0.6) is 5.75 Å². The van der Waals surface area contributed by atoms with E-state index in [-0.39, 0.29) is 12.3 Å². The van der Waals surface area contributed by atoms with E-state index in [1.165, 1.54) is 0 Å². The van der Waals surface area contributed by atoms with E-state index in [0.29, 0.717) is 5.75 Å². The maximum Gasteiger partial charge on any atom is 0.290 e. The van der Waals surface area contributed by atoms with Crippen molar-refractivity contribution in [3.8, 4) is 5.75 Å². The van der Waals surface area contributed by atoms with Crippen molar-refractivity contribution >= 4 is 38.5 Å². The summed E-state index contributed by atoms with van der Waals surface area (Å²) in [5, 5.41) is 8.50. The van der Waals surface area contributed by atoms with E-state index < -0.39 is 11.8 Å². The lowest BCUT2D eigenvalue weighted by Crippen LogP contribution is -2.44. The smallest absolute Gasteiger partial charge is 0.290 e. The molecule has 3 N–H and O–H groups in total. The Morgan fingerprint density at radius 1 is 1.20 bits per heavy atom. The van der Waals surface area contributed by atoms with Gasteiger partial charge in [0.05, 0.1) is 4.47 Å². The zero-order chi connectivity index (χ0) is 17.8. The van der Waals surface area contributed by atoms with Gasteiger partial charge in [-0.25, -0.2) is 0 Å². The third kappa shape index (κ3) is 3.97. The van der Waals surface area contributed by atoms with E-state index in [1.54, 1.807) is 19.1 Å². The fourth-order valence-corrected chi connectivity index (χ4v) is 2.84.